The Balaban J connectivity index is 0.00000220. The van der Waals surface area contributed by atoms with Crippen LogP contribution in [0.4, 0.5) is 10.6 Å². The normalized spacial score (nSPS) is 13.7. The standard InChI is InChI=1S/C14H21N3O2S.H2O/c1-14(2,3)19-13(18)17-8-10-6-7-12(16-20(4)5)15-11(10)9-17;/h6-7H,8-9H2,1-5H3;1H2. The van der Waals surface area contributed by atoms with Crippen molar-refractivity contribution in [3.63, 3.8) is 0 Å². The van der Waals surface area contributed by atoms with Crippen molar-refractivity contribution in [3.8, 4) is 0 Å². The van der Waals surface area contributed by atoms with Crippen molar-refractivity contribution in [1.82, 2.24) is 9.88 Å². The Hall–Kier alpha value is -1.47. The number of hydrogen-bond acceptors (Lipinski definition) is 4. The van der Waals surface area contributed by atoms with E-state index in [4.69, 9.17) is 4.74 Å². The van der Waals surface area contributed by atoms with Crippen molar-refractivity contribution in [2.24, 2.45) is 4.36 Å². The molecule has 1 aromatic rings. The van der Waals surface area contributed by atoms with E-state index in [0.29, 0.717) is 13.1 Å². The van der Waals surface area contributed by atoms with Crippen molar-refractivity contribution in [1.29, 1.82) is 0 Å². The number of rotatable bonds is 1. The quantitative estimate of drug-likeness (QED) is 0.796. The molecule has 118 valence electrons. The second kappa shape index (κ2) is 6.53. The van der Waals surface area contributed by atoms with Crippen LogP contribution in [0.15, 0.2) is 16.5 Å². The first-order chi connectivity index (χ1) is 9.24. The number of amides is 1. The number of hydrogen-bond donors (Lipinski definition) is 0. The highest BCUT2D eigenvalue weighted by Crippen LogP contribution is 2.25. The summed E-state index contributed by atoms with van der Waals surface area (Å²) in [4.78, 5) is 18.2. The highest BCUT2D eigenvalue weighted by molar-refractivity contribution is 7.85. The average Bonchev–Trinajstić information content (AvgIpc) is 2.68. The summed E-state index contributed by atoms with van der Waals surface area (Å²) in [6.45, 7) is 6.66. The topological polar surface area (TPSA) is 86.3 Å². The fourth-order valence-corrected chi connectivity index (χ4v) is 2.41. The van der Waals surface area contributed by atoms with Crippen molar-refractivity contribution in [2.75, 3.05) is 12.5 Å². The van der Waals surface area contributed by atoms with E-state index in [2.05, 4.69) is 9.35 Å². The largest absolute Gasteiger partial charge is 0.444 e. The molecule has 1 aliphatic rings. The molecule has 0 unspecified atom stereocenters. The van der Waals surface area contributed by atoms with Crippen LogP contribution in [0.25, 0.3) is 0 Å². The van der Waals surface area contributed by atoms with Crippen LogP contribution in [0.1, 0.15) is 32.0 Å². The van der Waals surface area contributed by atoms with Crippen LogP contribution in [-0.2, 0) is 28.5 Å². The minimum atomic E-state index is -0.474. The summed E-state index contributed by atoms with van der Waals surface area (Å²) in [5, 5.41) is 0. The first-order valence-corrected chi connectivity index (χ1v) is 8.50. The smallest absolute Gasteiger partial charge is 0.410 e. The summed E-state index contributed by atoms with van der Waals surface area (Å²) in [6.07, 6.45) is 3.80. The highest BCUT2D eigenvalue weighted by Gasteiger charge is 2.28. The number of carbonyl (C=O) groups excluding carboxylic acids is 1. The summed E-state index contributed by atoms with van der Waals surface area (Å²) >= 11 is 0. The van der Waals surface area contributed by atoms with Gasteiger partial charge in [-0.05, 0) is 44.9 Å². The van der Waals surface area contributed by atoms with Gasteiger partial charge in [-0.1, -0.05) is 16.8 Å². The summed E-state index contributed by atoms with van der Waals surface area (Å²) < 4.78 is 9.83. The monoisotopic (exact) mass is 313 g/mol. The maximum atomic E-state index is 12.0. The Morgan fingerprint density at radius 2 is 2.00 bits per heavy atom. The maximum Gasteiger partial charge on any atom is 0.410 e. The SMILES string of the molecule is CS(C)=Nc1ccc2c(n1)CN(C(=O)OC(C)(C)C)C2.O. The van der Waals surface area contributed by atoms with Crippen LogP contribution >= 0.6 is 0 Å². The molecule has 0 saturated carbocycles. The fourth-order valence-electron chi connectivity index (χ4n) is 1.94. The average molecular weight is 313 g/mol. The first-order valence-electron chi connectivity index (χ1n) is 6.51. The molecule has 0 fully saturated rings. The maximum absolute atomic E-state index is 12.0. The highest BCUT2D eigenvalue weighted by atomic mass is 32.2. The predicted molar refractivity (Wildman–Crippen MR) is 84.6 cm³/mol. The Morgan fingerprint density at radius 3 is 2.57 bits per heavy atom. The van der Waals surface area contributed by atoms with E-state index in [1.54, 1.807) is 4.90 Å². The van der Waals surface area contributed by atoms with Gasteiger partial charge in [-0.2, -0.15) is 0 Å². The zero-order valence-corrected chi connectivity index (χ0v) is 14.0. The molecule has 21 heavy (non-hydrogen) atoms. The Kier molecular flexibility index (Phi) is 5.47. The number of aromatic nitrogens is 1. The third kappa shape index (κ3) is 4.78. The molecule has 7 heteroatoms. The summed E-state index contributed by atoms with van der Waals surface area (Å²) in [7, 11) is -0.0367. The summed E-state index contributed by atoms with van der Waals surface area (Å²) in [6, 6.07) is 3.91. The lowest BCUT2D eigenvalue weighted by Gasteiger charge is -2.23. The van der Waals surface area contributed by atoms with Gasteiger partial charge in [-0.15, -0.1) is 0 Å². The fraction of sp³-hybridized carbons (Fsp3) is 0.571. The number of pyridine rings is 1. The van der Waals surface area contributed by atoms with Gasteiger partial charge in [0.25, 0.3) is 0 Å². The van der Waals surface area contributed by atoms with Crippen molar-refractivity contribution < 1.29 is 15.0 Å². The number of carbonyl (C=O) groups is 1. The molecule has 1 aliphatic heterocycles. The Morgan fingerprint density at radius 1 is 1.33 bits per heavy atom. The van der Waals surface area contributed by atoms with Gasteiger partial charge < -0.3 is 10.2 Å². The molecule has 0 radical (unpaired) electrons. The molecule has 0 saturated heterocycles. The first kappa shape index (κ1) is 17.6. The van der Waals surface area contributed by atoms with Crippen LogP contribution in [0.5, 0.6) is 0 Å². The molecular weight excluding hydrogens is 290 g/mol. The second-order valence-corrected chi connectivity index (χ2v) is 7.71. The van der Waals surface area contributed by atoms with Gasteiger partial charge >= 0.3 is 6.09 Å². The van der Waals surface area contributed by atoms with E-state index < -0.39 is 5.60 Å². The molecule has 0 aromatic carbocycles. The van der Waals surface area contributed by atoms with Crippen LogP contribution in [0, 0.1) is 0 Å². The molecule has 2 N–H and O–H groups in total. The molecule has 0 bridgehead atoms. The van der Waals surface area contributed by atoms with E-state index >= 15 is 0 Å². The van der Waals surface area contributed by atoms with Crippen LogP contribution in [0.2, 0.25) is 0 Å². The predicted octanol–water partition coefficient (Wildman–Crippen LogP) is 2.20. The number of fused-ring (bicyclic) bond motifs is 1. The van der Waals surface area contributed by atoms with Gasteiger partial charge in [0.05, 0.1) is 18.8 Å². The van der Waals surface area contributed by atoms with Gasteiger partial charge in [0, 0.05) is 0 Å². The summed E-state index contributed by atoms with van der Waals surface area (Å²) in [5.41, 5.74) is 1.52. The second-order valence-electron chi connectivity index (χ2n) is 5.98. The molecule has 0 aliphatic carbocycles. The third-order valence-electron chi connectivity index (χ3n) is 2.68. The minimum absolute atomic E-state index is 0. The van der Waals surface area contributed by atoms with E-state index in [1.807, 2.05) is 45.4 Å². The molecule has 1 aromatic heterocycles. The van der Waals surface area contributed by atoms with Gasteiger partial charge in [-0.3, -0.25) is 4.90 Å². The molecular formula is C14H23N3O3S. The molecule has 1 amide bonds. The number of nitrogens with zero attached hydrogens (tertiary/aromatic N) is 3. The van der Waals surface area contributed by atoms with Crippen LogP contribution in [0.3, 0.4) is 0 Å². The number of ether oxygens (including phenoxy) is 1. The van der Waals surface area contributed by atoms with Crippen LogP contribution in [-0.4, -0.2) is 39.6 Å². The van der Waals surface area contributed by atoms with Gasteiger partial charge in [-0.25, -0.2) is 14.1 Å². The Labute approximate surface area is 127 Å². The van der Waals surface area contributed by atoms with Gasteiger partial charge in [0.1, 0.15) is 5.60 Å². The van der Waals surface area contributed by atoms with Crippen molar-refractivity contribution in [3.05, 3.63) is 23.4 Å². The van der Waals surface area contributed by atoms with E-state index in [1.165, 1.54) is 0 Å². The lowest BCUT2D eigenvalue weighted by molar-refractivity contribution is 0.0240. The molecule has 6 nitrogen and oxygen atoms in total. The molecule has 0 spiro atoms. The zero-order chi connectivity index (χ0) is 14.9. The lowest BCUT2D eigenvalue weighted by Crippen LogP contribution is -2.33. The molecule has 2 heterocycles. The van der Waals surface area contributed by atoms with E-state index in [0.717, 1.165) is 17.1 Å². The Bertz CT molecular complexity index is 563. The van der Waals surface area contributed by atoms with E-state index in [-0.39, 0.29) is 22.3 Å². The minimum Gasteiger partial charge on any atom is -0.444 e. The van der Waals surface area contributed by atoms with Crippen molar-refractivity contribution >= 4 is 22.6 Å². The van der Waals surface area contributed by atoms with Gasteiger partial charge in [0.15, 0.2) is 5.82 Å². The molecule has 2 rings (SSSR count). The lowest BCUT2D eigenvalue weighted by atomic mass is 10.2. The van der Waals surface area contributed by atoms with Crippen molar-refractivity contribution in [2.45, 2.75) is 39.5 Å². The van der Waals surface area contributed by atoms with Gasteiger partial charge in [0.2, 0.25) is 0 Å². The summed E-state index contributed by atoms with van der Waals surface area (Å²) in [5.74, 6) is 0.739. The molecule has 0 atom stereocenters. The van der Waals surface area contributed by atoms with Crippen LogP contribution < -0.4 is 0 Å². The third-order valence-corrected chi connectivity index (χ3v) is 3.24. The van der Waals surface area contributed by atoms with E-state index in [9.17, 15) is 4.79 Å². The zero-order valence-electron chi connectivity index (χ0n) is 13.1.